The predicted molar refractivity (Wildman–Crippen MR) is 140 cm³/mol. The Kier molecular flexibility index (Phi) is 6.91. The van der Waals surface area contributed by atoms with Crippen LogP contribution in [0.1, 0.15) is 31.8 Å². The number of nitrogens with zero attached hydrogens (tertiary/aromatic N) is 3. The fourth-order valence-electron chi connectivity index (χ4n) is 4.17. The van der Waals surface area contributed by atoms with Gasteiger partial charge in [-0.15, -0.1) is 0 Å². The van der Waals surface area contributed by atoms with Gasteiger partial charge in [0.25, 0.3) is 11.8 Å². The Labute approximate surface area is 218 Å². The Morgan fingerprint density at radius 3 is 2.46 bits per heavy atom. The second-order valence-corrected chi connectivity index (χ2v) is 8.99. The van der Waals surface area contributed by atoms with Crippen LogP contribution >= 0.6 is 11.6 Å². The van der Waals surface area contributed by atoms with Gasteiger partial charge in [0.1, 0.15) is 11.9 Å². The molecule has 5 rings (SSSR count). The molecule has 3 heterocycles. The van der Waals surface area contributed by atoms with Crippen molar-refractivity contribution in [3.8, 4) is 0 Å². The number of amides is 3. The molecule has 9 heteroatoms. The van der Waals surface area contributed by atoms with Gasteiger partial charge in [-0.05, 0) is 65.7 Å². The summed E-state index contributed by atoms with van der Waals surface area (Å²) < 4.78 is 0. The Hall–Kier alpha value is -4.56. The number of carbonyl (C=O) groups is 3. The summed E-state index contributed by atoms with van der Waals surface area (Å²) in [5, 5.41) is 6.04. The highest BCUT2D eigenvalue weighted by molar-refractivity contribution is 6.31. The maximum Gasteiger partial charge on any atom is 0.256 e. The van der Waals surface area contributed by atoms with Crippen molar-refractivity contribution in [2.24, 2.45) is 0 Å². The molecule has 0 unspecified atom stereocenters. The van der Waals surface area contributed by atoms with E-state index < -0.39 is 6.04 Å². The normalized spacial score (nSPS) is 14.9. The van der Waals surface area contributed by atoms with Gasteiger partial charge in [0.15, 0.2) is 0 Å². The maximum atomic E-state index is 13.7. The maximum absolute atomic E-state index is 13.7. The van der Waals surface area contributed by atoms with E-state index in [2.05, 4.69) is 20.6 Å². The third-order valence-corrected chi connectivity index (χ3v) is 6.30. The van der Waals surface area contributed by atoms with Gasteiger partial charge in [-0.2, -0.15) is 0 Å². The number of rotatable bonds is 6. The molecule has 0 aliphatic carbocycles. The van der Waals surface area contributed by atoms with Crippen LogP contribution in [0.4, 0.5) is 11.5 Å². The van der Waals surface area contributed by atoms with Crippen LogP contribution in [-0.2, 0) is 17.8 Å². The molecule has 0 bridgehead atoms. The molecule has 2 aromatic heterocycles. The van der Waals surface area contributed by atoms with Crippen molar-refractivity contribution in [3.05, 3.63) is 119 Å². The zero-order chi connectivity index (χ0) is 25.8. The van der Waals surface area contributed by atoms with E-state index in [1.807, 2.05) is 12.1 Å². The standard InChI is InChI=1S/C28H22ClN5O3/c29-21-8-9-22-23(16-21)32-27(36)24(15-18-10-13-30-14-11-18)34(28(22)37)17-19-4-6-20(7-5-19)26(35)33-25-3-1-2-12-31-25/h1-14,16,24H,15,17H2,(H,32,36)(H,31,33,35)/t24-/m1/s1. The van der Waals surface area contributed by atoms with Crippen LogP contribution < -0.4 is 10.6 Å². The van der Waals surface area contributed by atoms with E-state index in [1.165, 1.54) is 0 Å². The first-order valence-corrected chi connectivity index (χ1v) is 12.0. The molecule has 184 valence electrons. The second-order valence-electron chi connectivity index (χ2n) is 8.55. The number of carbonyl (C=O) groups excluding carboxylic acids is 3. The molecule has 1 aliphatic heterocycles. The lowest BCUT2D eigenvalue weighted by atomic mass is 10.0. The number of benzene rings is 2. The van der Waals surface area contributed by atoms with Gasteiger partial charge in [-0.25, -0.2) is 4.98 Å². The third kappa shape index (κ3) is 5.49. The molecule has 3 amide bonds. The van der Waals surface area contributed by atoms with Crippen LogP contribution in [0.3, 0.4) is 0 Å². The Bertz CT molecular complexity index is 1450. The molecule has 37 heavy (non-hydrogen) atoms. The minimum absolute atomic E-state index is 0.173. The minimum atomic E-state index is -0.770. The summed E-state index contributed by atoms with van der Waals surface area (Å²) in [6.45, 7) is 0.173. The Balaban J connectivity index is 1.42. The summed E-state index contributed by atoms with van der Waals surface area (Å²) in [5.41, 5.74) is 2.83. The van der Waals surface area contributed by atoms with Gasteiger partial charge in [-0.1, -0.05) is 29.8 Å². The summed E-state index contributed by atoms with van der Waals surface area (Å²) >= 11 is 6.13. The molecule has 1 atom stereocenters. The SMILES string of the molecule is O=C(Nc1ccccn1)c1ccc(CN2C(=O)c3ccc(Cl)cc3NC(=O)[C@H]2Cc2ccncc2)cc1. The molecule has 0 saturated carbocycles. The molecule has 0 spiro atoms. The number of hydrogen-bond donors (Lipinski definition) is 2. The fraction of sp³-hybridized carbons (Fsp3) is 0.107. The van der Waals surface area contributed by atoms with Crippen LogP contribution in [0.25, 0.3) is 0 Å². The largest absolute Gasteiger partial charge is 0.323 e. The third-order valence-electron chi connectivity index (χ3n) is 6.06. The van der Waals surface area contributed by atoms with E-state index in [9.17, 15) is 14.4 Å². The summed E-state index contributed by atoms with van der Waals surface area (Å²) in [6.07, 6.45) is 5.21. The average molecular weight is 512 g/mol. The molecular weight excluding hydrogens is 490 g/mol. The molecule has 2 aromatic carbocycles. The second kappa shape index (κ2) is 10.6. The van der Waals surface area contributed by atoms with Crippen molar-refractivity contribution in [2.45, 2.75) is 19.0 Å². The van der Waals surface area contributed by atoms with Crippen LogP contribution in [0.2, 0.25) is 5.02 Å². The molecule has 0 fully saturated rings. The molecule has 4 aromatic rings. The highest BCUT2D eigenvalue weighted by atomic mass is 35.5. The Morgan fingerprint density at radius 1 is 0.946 bits per heavy atom. The van der Waals surface area contributed by atoms with Gasteiger partial charge in [0, 0.05) is 42.1 Å². The minimum Gasteiger partial charge on any atom is -0.323 e. The molecule has 0 saturated heterocycles. The van der Waals surface area contributed by atoms with E-state index in [0.29, 0.717) is 34.1 Å². The quantitative estimate of drug-likeness (QED) is 0.394. The van der Waals surface area contributed by atoms with Crippen molar-refractivity contribution in [1.29, 1.82) is 0 Å². The molecule has 1 aliphatic rings. The molecule has 2 N–H and O–H groups in total. The van der Waals surface area contributed by atoms with Gasteiger partial charge in [-0.3, -0.25) is 19.4 Å². The molecule has 8 nitrogen and oxygen atoms in total. The summed E-state index contributed by atoms with van der Waals surface area (Å²) in [6, 6.07) is 19.9. The van der Waals surface area contributed by atoms with Crippen molar-refractivity contribution in [3.63, 3.8) is 0 Å². The molecular formula is C28H22ClN5O3. The number of hydrogen-bond acceptors (Lipinski definition) is 5. The lowest BCUT2D eigenvalue weighted by Gasteiger charge is -2.29. The van der Waals surface area contributed by atoms with Crippen LogP contribution in [0.5, 0.6) is 0 Å². The number of pyridine rings is 2. The zero-order valence-electron chi connectivity index (χ0n) is 19.6. The van der Waals surface area contributed by atoms with E-state index in [0.717, 1.165) is 11.1 Å². The first-order valence-electron chi connectivity index (χ1n) is 11.6. The van der Waals surface area contributed by atoms with Gasteiger partial charge < -0.3 is 15.5 Å². The zero-order valence-corrected chi connectivity index (χ0v) is 20.4. The smallest absolute Gasteiger partial charge is 0.256 e. The lowest BCUT2D eigenvalue weighted by molar-refractivity contribution is -0.120. The summed E-state index contributed by atoms with van der Waals surface area (Å²) in [5.74, 6) is -0.439. The van der Waals surface area contributed by atoms with E-state index in [4.69, 9.17) is 11.6 Å². The number of anilines is 2. The number of nitrogens with one attached hydrogen (secondary N) is 2. The predicted octanol–water partition coefficient (Wildman–Crippen LogP) is 4.59. The summed E-state index contributed by atoms with van der Waals surface area (Å²) in [7, 11) is 0. The van der Waals surface area contributed by atoms with E-state index >= 15 is 0 Å². The summed E-state index contributed by atoms with van der Waals surface area (Å²) in [4.78, 5) is 49.3. The molecule has 0 radical (unpaired) electrons. The number of fused-ring (bicyclic) bond motifs is 1. The van der Waals surface area contributed by atoms with Crippen molar-refractivity contribution >= 4 is 40.8 Å². The average Bonchev–Trinajstić information content (AvgIpc) is 3.00. The van der Waals surface area contributed by atoms with Crippen LogP contribution in [-0.4, -0.2) is 38.6 Å². The van der Waals surface area contributed by atoms with Crippen LogP contribution in [0, 0.1) is 0 Å². The first kappa shape index (κ1) is 24.1. The van der Waals surface area contributed by atoms with Gasteiger partial charge >= 0.3 is 0 Å². The van der Waals surface area contributed by atoms with Gasteiger partial charge in [0.2, 0.25) is 5.91 Å². The van der Waals surface area contributed by atoms with Crippen molar-refractivity contribution < 1.29 is 14.4 Å². The number of halogens is 1. The topological polar surface area (TPSA) is 104 Å². The monoisotopic (exact) mass is 511 g/mol. The number of aromatic nitrogens is 2. The highest BCUT2D eigenvalue weighted by Gasteiger charge is 2.35. The van der Waals surface area contributed by atoms with Crippen LogP contribution in [0.15, 0.2) is 91.4 Å². The first-order chi connectivity index (χ1) is 18.0. The Morgan fingerprint density at radius 2 is 1.73 bits per heavy atom. The van der Waals surface area contributed by atoms with Crippen molar-refractivity contribution in [1.82, 2.24) is 14.9 Å². The van der Waals surface area contributed by atoms with E-state index in [1.54, 1.807) is 84.2 Å². The lowest BCUT2D eigenvalue weighted by Crippen LogP contribution is -2.46. The van der Waals surface area contributed by atoms with E-state index in [-0.39, 0.29) is 24.3 Å². The van der Waals surface area contributed by atoms with Gasteiger partial charge in [0.05, 0.1) is 11.3 Å². The van der Waals surface area contributed by atoms with Crippen molar-refractivity contribution in [2.75, 3.05) is 10.6 Å². The highest BCUT2D eigenvalue weighted by Crippen LogP contribution is 2.29. The fourth-order valence-corrected chi connectivity index (χ4v) is 4.34.